The molecule has 0 aliphatic carbocycles. The number of rotatable bonds is 3. The third-order valence-corrected chi connectivity index (χ3v) is 5.89. The molecule has 1 amide bonds. The first kappa shape index (κ1) is 16.7. The Labute approximate surface area is 141 Å². The Morgan fingerprint density at radius 2 is 1.83 bits per heavy atom. The van der Waals surface area contributed by atoms with E-state index in [4.69, 9.17) is 0 Å². The maximum Gasteiger partial charge on any atom is 0.256 e. The number of carbonyl (C=O) groups excluding carboxylic acids is 1. The topological polar surface area (TPSA) is 81.1 Å². The number of anilines is 1. The van der Waals surface area contributed by atoms with Crippen LogP contribution in [0.1, 0.15) is 39.6 Å². The van der Waals surface area contributed by atoms with E-state index in [9.17, 15) is 13.2 Å². The van der Waals surface area contributed by atoms with Gasteiger partial charge >= 0.3 is 0 Å². The number of hydrogen-bond acceptors (Lipinski definition) is 4. The number of benzene rings is 1. The van der Waals surface area contributed by atoms with Crippen molar-refractivity contribution in [3.05, 3.63) is 46.6 Å². The average molecular weight is 347 g/mol. The van der Waals surface area contributed by atoms with Crippen LogP contribution in [0.25, 0.3) is 0 Å². The Morgan fingerprint density at radius 1 is 1.17 bits per heavy atom. The van der Waals surface area contributed by atoms with Crippen LogP contribution >= 0.6 is 0 Å². The van der Waals surface area contributed by atoms with Crippen molar-refractivity contribution in [1.29, 1.82) is 0 Å². The minimum Gasteiger partial charge on any atom is -0.307 e. The zero-order valence-electron chi connectivity index (χ0n) is 14.0. The lowest BCUT2D eigenvalue weighted by atomic mass is 10.1. The molecule has 7 heteroatoms. The highest BCUT2D eigenvalue weighted by molar-refractivity contribution is 7.91. The van der Waals surface area contributed by atoms with E-state index < -0.39 is 9.84 Å². The molecule has 2 aromatic rings. The summed E-state index contributed by atoms with van der Waals surface area (Å²) in [6.07, 6.45) is 0.524. The van der Waals surface area contributed by atoms with Gasteiger partial charge in [-0.05, 0) is 39.3 Å². The van der Waals surface area contributed by atoms with Gasteiger partial charge in [0.2, 0.25) is 0 Å². The molecule has 0 bridgehead atoms. The van der Waals surface area contributed by atoms with Gasteiger partial charge in [-0.3, -0.25) is 4.79 Å². The van der Waals surface area contributed by atoms with Crippen molar-refractivity contribution in [3.63, 3.8) is 0 Å². The molecule has 3 rings (SSSR count). The zero-order valence-corrected chi connectivity index (χ0v) is 14.9. The van der Waals surface area contributed by atoms with Crippen LogP contribution in [0, 0.1) is 20.8 Å². The Morgan fingerprint density at radius 3 is 2.42 bits per heavy atom. The number of aryl methyl sites for hydroxylation is 3. The summed E-state index contributed by atoms with van der Waals surface area (Å²) in [5.41, 5.74) is 3.37. The maximum absolute atomic E-state index is 12.6. The third kappa shape index (κ3) is 3.51. The lowest BCUT2D eigenvalue weighted by Crippen LogP contribution is -2.19. The van der Waals surface area contributed by atoms with Gasteiger partial charge in [-0.25, -0.2) is 13.1 Å². The summed E-state index contributed by atoms with van der Waals surface area (Å²) in [6, 6.07) is 7.21. The molecular weight excluding hydrogens is 326 g/mol. The Bertz CT molecular complexity index is 880. The average Bonchev–Trinajstić information content (AvgIpc) is 3.00. The molecule has 1 N–H and O–H groups in total. The lowest BCUT2D eigenvalue weighted by Gasteiger charge is -2.14. The van der Waals surface area contributed by atoms with Gasteiger partial charge in [-0.1, -0.05) is 17.2 Å². The lowest BCUT2D eigenvalue weighted by molar-refractivity contribution is 0.102. The van der Waals surface area contributed by atoms with Crippen molar-refractivity contribution < 1.29 is 13.2 Å². The smallest absolute Gasteiger partial charge is 0.256 e. The first-order valence-corrected chi connectivity index (χ1v) is 9.72. The summed E-state index contributed by atoms with van der Waals surface area (Å²) in [5, 5.41) is 7.25. The molecule has 1 unspecified atom stereocenters. The number of amides is 1. The molecule has 1 fully saturated rings. The first-order valence-electron chi connectivity index (χ1n) is 7.90. The van der Waals surface area contributed by atoms with Gasteiger partial charge in [0, 0.05) is 11.6 Å². The number of carbonyl (C=O) groups is 1. The van der Waals surface area contributed by atoms with E-state index in [2.05, 4.69) is 10.4 Å². The van der Waals surface area contributed by atoms with Crippen molar-refractivity contribution in [1.82, 2.24) is 9.78 Å². The van der Waals surface area contributed by atoms with Crippen LogP contribution in [0.4, 0.5) is 5.82 Å². The molecule has 1 aromatic carbocycles. The van der Waals surface area contributed by atoms with Crippen molar-refractivity contribution in [2.24, 2.45) is 0 Å². The molecule has 0 radical (unpaired) electrons. The van der Waals surface area contributed by atoms with Crippen molar-refractivity contribution in [3.8, 4) is 0 Å². The maximum atomic E-state index is 12.6. The van der Waals surface area contributed by atoms with Gasteiger partial charge in [0.15, 0.2) is 9.84 Å². The molecule has 1 aromatic heterocycles. The predicted molar refractivity (Wildman–Crippen MR) is 93.1 cm³/mol. The van der Waals surface area contributed by atoms with Gasteiger partial charge in [-0.2, -0.15) is 5.10 Å². The number of nitrogens with zero attached hydrogens (tertiary/aromatic N) is 2. The van der Waals surface area contributed by atoms with E-state index in [1.807, 2.05) is 39.0 Å². The second-order valence-electron chi connectivity index (χ2n) is 6.50. The summed E-state index contributed by atoms with van der Waals surface area (Å²) in [6.45, 7) is 5.72. The number of nitrogens with one attached hydrogen (secondary N) is 1. The Hall–Kier alpha value is -2.15. The predicted octanol–water partition coefficient (Wildman–Crippen LogP) is 2.42. The summed E-state index contributed by atoms with van der Waals surface area (Å²) in [4.78, 5) is 12.6. The van der Waals surface area contributed by atoms with Crippen molar-refractivity contribution >= 4 is 21.6 Å². The standard InChI is InChI=1S/C17H21N3O3S/c1-11-6-12(2)8-14(7-11)17(21)18-16-9-13(3)19-20(16)15-4-5-24(22,23)10-15/h6-9,15H,4-5,10H2,1-3H3,(H,18,21). The zero-order chi connectivity index (χ0) is 17.5. The molecule has 1 aliphatic heterocycles. The van der Waals surface area contributed by atoms with Gasteiger partial charge in [0.25, 0.3) is 5.91 Å². The monoisotopic (exact) mass is 347 g/mol. The highest BCUT2D eigenvalue weighted by Crippen LogP contribution is 2.27. The minimum atomic E-state index is -3.02. The van der Waals surface area contributed by atoms with E-state index in [1.165, 1.54) is 0 Å². The van der Waals surface area contributed by atoms with E-state index in [0.717, 1.165) is 16.8 Å². The summed E-state index contributed by atoms with van der Waals surface area (Å²) in [5.74, 6) is 0.559. The normalized spacial score (nSPS) is 19.4. The number of sulfone groups is 1. The fourth-order valence-electron chi connectivity index (χ4n) is 3.15. The molecule has 1 atom stereocenters. The highest BCUT2D eigenvalue weighted by atomic mass is 32.2. The van der Waals surface area contributed by atoms with Crippen LogP contribution in [0.5, 0.6) is 0 Å². The second-order valence-corrected chi connectivity index (χ2v) is 8.73. The van der Waals surface area contributed by atoms with Gasteiger partial charge < -0.3 is 5.32 Å². The molecule has 0 saturated carbocycles. The van der Waals surface area contributed by atoms with Crippen LogP contribution in [-0.2, 0) is 9.84 Å². The van der Waals surface area contributed by atoms with E-state index in [0.29, 0.717) is 17.8 Å². The largest absolute Gasteiger partial charge is 0.307 e. The van der Waals surface area contributed by atoms with Crippen molar-refractivity contribution in [2.75, 3.05) is 16.8 Å². The number of hydrogen-bond donors (Lipinski definition) is 1. The molecule has 0 spiro atoms. The van der Waals surface area contributed by atoms with Gasteiger partial charge in [0.1, 0.15) is 5.82 Å². The Kier molecular flexibility index (Phi) is 4.21. The molecule has 1 aliphatic rings. The second kappa shape index (κ2) is 6.05. The quantitative estimate of drug-likeness (QED) is 0.924. The molecule has 6 nitrogen and oxygen atoms in total. The van der Waals surface area contributed by atoms with E-state index in [-0.39, 0.29) is 23.5 Å². The molecule has 2 heterocycles. The van der Waals surface area contributed by atoms with E-state index in [1.54, 1.807) is 10.7 Å². The van der Waals surface area contributed by atoms with Crippen LogP contribution < -0.4 is 5.32 Å². The molecule has 24 heavy (non-hydrogen) atoms. The first-order chi connectivity index (χ1) is 11.2. The third-order valence-electron chi connectivity index (χ3n) is 4.14. The fraction of sp³-hybridized carbons (Fsp3) is 0.412. The molecule has 128 valence electrons. The van der Waals surface area contributed by atoms with Gasteiger partial charge in [-0.15, -0.1) is 0 Å². The molecule has 1 saturated heterocycles. The van der Waals surface area contributed by atoms with Crippen molar-refractivity contribution in [2.45, 2.75) is 33.2 Å². The van der Waals surface area contributed by atoms with Crippen LogP contribution in [-0.4, -0.2) is 35.6 Å². The van der Waals surface area contributed by atoms with Crippen LogP contribution in [0.2, 0.25) is 0 Å². The summed E-state index contributed by atoms with van der Waals surface area (Å²) in [7, 11) is -3.02. The van der Waals surface area contributed by atoms with Crippen LogP contribution in [0.3, 0.4) is 0 Å². The summed E-state index contributed by atoms with van der Waals surface area (Å²) >= 11 is 0. The SMILES string of the molecule is Cc1cc(C)cc(C(=O)Nc2cc(C)nn2C2CCS(=O)(=O)C2)c1. The van der Waals surface area contributed by atoms with Crippen LogP contribution in [0.15, 0.2) is 24.3 Å². The Balaban J connectivity index is 1.86. The minimum absolute atomic E-state index is 0.0700. The van der Waals surface area contributed by atoms with Gasteiger partial charge in [0.05, 0.1) is 23.2 Å². The van der Waals surface area contributed by atoms with E-state index >= 15 is 0 Å². The number of aromatic nitrogens is 2. The summed E-state index contributed by atoms with van der Waals surface area (Å²) < 4.78 is 25.1. The highest BCUT2D eigenvalue weighted by Gasteiger charge is 2.31. The fourth-order valence-corrected chi connectivity index (χ4v) is 4.84. The molecular formula is C17H21N3O3S.